The number of halogens is 1. The van der Waals surface area contributed by atoms with Gasteiger partial charge in [-0.25, -0.2) is 4.52 Å². The molecule has 0 aliphatic heterocycles. The molecule has 0 aliphatic carbocycles. The zero-order valence-electron chi connectivity index (χ0n) is 6.36. The van der Waals surface area contributed by atoms with Gasteiger partial charge in [0.1, 0.15) is 0 Å². The average molecular weight is 228 g/mol. The third kappa shape index (κ3) is 1.06. The minimum atomic E-state index is 0.562. The molecule has 2 aromatic rings. The standard InChI is InChI=1S/C7H6BrN3O/c1-12-5-3-2-4-11-6(5)9-7(8)10-11/h2-4H,1H3. The molecule has 0 saturated heterocycles. The molecule has 0 bridgehead atoms. The van der Waals surface area contributed by atoms with Gasteiger partial charge in [0.25, 0.3) is 0 Å². The summed E-state index contributed by atoms with van der Waals surface area (Å²) >= 11 is 3.19. The van der Waals surface area contributed by atoms with Crippen molar-refractivity contribution in [3.05, 3.63) is 23.1 Å². The molecule has 2 rings (SSSR count). The van der Waals surface area contributed by atoms with E-state index in [4.69, 9.17) is 4.74 Å². The zero-order chi connectivity index (χ0) is 8.55. The van der Waals surface area contributed by atoms with Gasteiger partial charge in [0.2, 0.25) is 4.73 Å². The highest BCUT2D eigenvalue weighted by Gasteiger charge is 2.04. The normalized spacial score (nSPS) is 10.5. The first kappa shape index (κ1) is 7.54. The van der Waals surface area contributed by atoms with Crippen LogP contribution in [0.15, 0.2) is 23.1 Å². The lowest BCUT2D eigenvalue weighted by Gasteiger charge is -1.98. The van der Waals surface area contributed by atoms with Crippen LogP contribution in [0.1, 0.15) is 0 Å². The number of nitrogens with zero attached hydrogens (tertiary/aromatic N) is 3. The largest absolute Gasteiger partial charge is 0.493 e. The Morgan fingerprint density at radius 1 is 1.58 bits per heavy atom. The zero-order valence-corrected chi connectivity index (χ0v) is 7.95. The molecule has 5 heteroatoms. The fourth-order valence-corrected chi connectivity index (χ4v) is 1.35. The second-order valence-corrected chi connectivity index (χ2v) is 2.93. The Labute approximate surface area is 77.3 Å². The fourth-order valence-electron chi connectivity index (χ4n) is 1.01. The number of pyridine rings is 1. The molecule has 0 fully saturated rings. The van der Waals surface area contributed by atoms with Crippen LogP contribution >= 0.6 is 15.9 Å². The maximum absolute atomic E-state index is 5.10. The molecule has 0 spiro atoms. The van der Waals surface area contributed by atoms with E-state index in [1.807, 2.05) is 18.3 Å². The highest BCUT2D eigenvalue weighted by molar-refractivity contribution is 9.10. The smallest absolute Gasteiger partial charge is 0.218 e. The van der Waals surface area contributed by atoms with E-state index < -0.39 is 0 Å². The van der Waals surface area contributed by atoms with Crippen molar-refractivity contribution in [1.29, 1.82) is 0 Å². The van der Waals surface area contributed by atoms with Crippen LogP contribution in [0, 0.1) is 0 Å². The third-order valence-corrected chi connectivity index (χ3v) is 1.86. The molecule has 4 nitrogen and oxygen atoms in total. The van der Waals surface area contributed by atoms with E-state index >= 15 is 0 Å². The molecule has 0 N–H and O–H groups in total. The maximum atomic E-state index is 5.10. The summed E-state index contributed by atoms with van der Waals surface area (Å²) < 4.78 is 7.31. The summed E-state index contributed by atoms with van der Waals surface area (Å²) in [4.78, 5) is 4.13. The van der Waals surface area contributed by atoms with Crippen LogP contribution in [-0.2, 0) is 0 Å². The molecule has 0 aromatic carbocycles. The lowest BCUT2D eigenvalue weighted by Crippen LogP contribution is -1.90. The van der Waals surface area contributed by atoms with Crippen LogP contribution in [0.5, 0.6) is 5.75 Å². The highest BCUT2D eigenvalue weighted by Crippen LogP contribution is 2.17. The predicted octanol–water partition coefficient (Wildman–Crippen LogP) is 1.50. The second-order valence-electron chi connectivity index (χ2n) is 2.23. The van der Waals surface area contributed by atoms with Gasteiger partial charge in [0, 0.05) is 6.20 Å². The Kier molecular flexibility index (Phi) is 1.73. The van der Waals surface area contributed by atoms with Crippen LogP contribution in [0.2, 0.25) is 0 Å². The van der Waals surface area contributed by atoms with E-state index in [2.05, 4.69) is 26.0 Å². The van der Waals surface area contributed by atoms with E-state index in [1.165, 1.54) is 0 Å². The van der Waals surface area contributed by atoms with Crippen molar-refractivity contribution >= 4 is 21.6 Å². The summed E-state index contributed by atoms with van der Waals surface area (Å²) in [7, 11) is 1.61. The summed E-state index contributed by atoms with van der Waals surface area (Å²) in [6, 6.07) is 3.70. The van der Waals surface area contributed by atoms with Crippen LogP contribution in [0.3, 0.4) is 0 Å². The van der Waals surface area contributed by atoms with Gasteiger partial charge in [-0.3, -0.25) is 0 Å². The highest BCUT2D eigenvalue weighted by atomic mass is 79.9. The lowest BCUT2D eigenvalue weighted by atomic mass is 10.4. The Morgan fingerprint density at radius 3 is 3.17 bits per heavy atom. The van der Waals surface area contributed by atoms with Crippen molar-refractivity contribution in [2.24, 2.45) is 0 Å². The first-order valence-electron chi connectivity index (χ1n) is 3.36. The Bertz CT molecular complexity index is 412. The second kappa shape index (κ2) is 2.75. The molecule has 0 saturated carbocycles. The van der Waals surface area contributed by atoms with E-state index in [1.54, 1.807) is 11.6 Å². The minimum absolute atomic E-state index is 0.562. The first-order chi connectivity index (χ1) is 5.81. The number of hydrogen-bond acceptors (Lipinski definition) is 3. The summed E-state index contributed by atoms with van der Waals surface area (Å²) in [5, 5.41) is 4.06. The molecule has 62 valence electrons. The summed E-state index contributed by atoms with van der Waals surface area (Å²) in [6.07, 6.45) is 1.82. The quantitative estimate of drug-likeness (QED) is 0.742. The van der Waals surface area contributed by atoms with E-state index in [0.29, 0.717) is 10.4 Å². The van der Waals surface area contributed by atoms with Crippen LogP contribution in [0.4, 0.5) is 0 Å². The molecule has 2 aromatic heterocycles. The molecule has 0 aliphatic rings. The Hall–Kier alpha value is -1.10. The SMILES string of the molecule is COc1cccn2nc(Br)nc12. The van der Waals surface area contributed by atoms with E-state index in [-0.39, 0.29) is 0 Å². The van der Waals surface area contributed by atoms with Gasteiger partial charge in [-0.1, -0.05) is 0 Å². The van der Waals surface area contributed by atoms with Crippen molar-refractivity contribution in [2.45, 2.75) is 0 Å². The minimum Gasteiger partial charge on any atom is -0.493 e. The maximum Gasteiger partial charge on any atom is 0.218 e. The van der Waals surface area contributed by atoms with Gasteiger partial charge < -0.3 is 4.74 Å². The monoisotopic (exact) mass is 227 g/mol. The van der Waals surface area contributed by atoms with Gasteiger partial charge in [-0.15, -0.1) is 5.10 Å². The number of hydrogen-bond donors (Lipinski definition) is 0. The van der Waals surface area contributed by atoms with Crippen molar-refractivity contribution < 1.29 is 4.74 Å². The summed E-state index contributed by atoms with van der Waals surface area (Å²) in [5.41, 5.74) is 0.715. The van der Waals surface area contributed by atoms with Crippen molar-refractivity contribution in [3.8, 4) is 5.75 Å². The Balaban J connectivity index is 2.78. The van der Waals surface area contributed by atoms with Crippen molar-refractivity contribution in [1.82, 2.24) is 14.6 Å². The fraction of sp³-hybridized carbons (Fsp3) is 0.143. The van der Waals surface area contributed by atoms with Gasteiger partial charge >= 0.3 is 0 Å². The molecular weight excluding hydrogens is 222 g/mol. The molecule has 0 amide bonds. The predicted molar refractivity (Wildman–Crippen MR) is 47.2 cm³/mol. The van der Waals surface area contributed by atoms with Crippen LogP contribution < -0.4 is 4.74 Å². The van der Waals surface area contributed by atoms with Crippen molar-refractivity contribution in [2.75, 3.05) is 7.11 Å². The third-order valence-electron chi connectivity index (χ3n) is 1.52. The van der Waals surface area contributed by atoms with Crippen molar-refractivity contribution in [3.63, 3.8) is 0 Å². The molecule has 0 unspecified atom stereocenters. The van der Waals surface area contributed by atoms with Gasteiger partial charge in [-0.05, 0) is 28.1 Å². The number of aromatic nitrogens is 3. The number of fused-ring (bicyclic) bond motifs is 1. The summed E-state index contributed by atoms with van der Waals surface area (Å²) in [5.74, 6) is 0.718. The molecule has 12 heavy (non-hydrogen) atoms. The first-order valence-corrected chi connectivity index (χ1v) is 4.15. The van der Waals surface area contributed by atoms with E-state index in [0.717, 1.165) is 5.75 Å². The average Bonchev–Trinajstić information content (AvgIpc) is 2.44. The molecular formula is C7H6BrN3O. The number of methoxy groups -OCH3 is 1. The van der Waals surface area contributed by atoms with Gasteiger partial charge in [-0.2, -0.15) is 4.98 Å². The van der Waals surface area contributed by atoms with Gasteiger partial charge in [0.15, 0.2) is 11.4 Å². The van der Waals surface area contributed by atoms with E-state index in [9.17, 15) is 0 Å². The van der Waals surface area contributed by atoms with Gasteiger partial charge in [0.05, 0.1) is 7.11 Å². The van der Waals surface area contributed by atoms with Crippen LogP contribution in [-0.4, -0.2) is 21.7 Å². The topological polar surface area (TPSA) is 39.4 Å². The molecule has 0 radical (unpaired) electrons. The Morgan fingerprint density at radius 2 is 2.42 bits per heavy atom. The molecule has 0 atom stereocenters. The van der Waals surface area contributed by atoms with Crippen LogP contribution in [0.25, 0.3) is 5.65 Å². The summed E-state index contributed by atoms with van der Waals surface area (Å²) in [6.45, 7) is 0. The lowest BCUT2D eigenvalue weighted by molar-refractivity contribution is 0.416. The number of ether oxygens (including phenoxy) is 1. The number of rotatable bonds is 1. The molecule has 2 heterocycles.